The number of halogens is 1. The number of hydrogen-bond donors (Lipinski definition) is 2. The van der Waals surface area contributed by atoms with Crippen molar-refractivity contribution in [2.45, 2.75) is 44.9 Å². The lowest BCUT2D eigenvalue weighted by atomic mass is 9.77. The molecule has 1 aromatic carbocycles. The largest absolute Gasteiger partial charge is 0.481 e. The van der Waals surface area contributed by atoms with E-state index >= 15 is 0 Å². The van der Waals surface area contributed by atoms with Crippen molar-refractivity contribution in [2.24, 2.45) is 5.41 Å². The van der Waals surface area contributed by atoms with E-state index in [0.29, 0.717) is 12.8 Å². The van der Waals surface area contributed by atoms with Gasteiger partial charge in [-0.2, -0.15) is 0 Å². The van der Waals surface area contributed by atoms with Gasteiger partial charge in [0.2, 0.25) is 5.91 Å². The van der Waals surface area contributed by atoms with E-state index in [1.807, 2.05) is 0 Å². The molecule has 4 nitrogen and oxygen atoms in total. The molecule has 21 heavy (non-hydrogen) atoms. The second-order valence-corrected chi connectivity index (χ2v) is 5.70. The zero-order chi connectivity index (χ0) is 15.3. The Morgan fingerprint density at radius 1 is 1.14 bits per heavy atom. The van der Waals surface area contributed by atoms with Crippen LogP contribution in [0.25, 0.3) is 0 Å². The average Bonchev–Trinajstić information content (AvgIpc) is 2.68. The van der Waals surface area contributed by atoms with Gasteiger partial charge in [0, 0.05) is 6.42 Å². The SMILES string of the molecule is O=C(CC1(C(=O)O)CCCCCC1)Nc1ccccc1F. The molecule has 0 unspecified atom stereocenters. The highest BCUT2D eigenvalue weighted by molar-refractivity contribution is 5.94. The summed E-state index contributed by atoms with van der Waals surface area (Å²) in [4.78, 5) is 23.7. The quantitative estimate of drug-likeness (QED) is 0.834. The molecule has 0 spiro atoms. The first kappa shape index (κ1) is 15.5. The van der Waals surface area contributed by atoms with Crippen molar-refractivity contribution in [1.82, 2.24) is 0 Å². The third-order valence-electron chi connectivity index (χ3n) is 4.16. The Kier molecular flexibility index (Phi) is 4.94. The molecule has 1 aliphatic rings. The van der Waals surface area contributed by atoms with Gasteiger partial charge in [0.1, 0.15) is 5.82 Å². The number of carbonyl (C=O) groups excluding carboxylic acids is 1. The first-order chi connectivity index (χ1) is 10.0. The topological polar surface area (TPSA) is 66.4 Å². The Bertz CT molecular complexity index is 522. The molecule has 0 saturated heterocycles. The van der Waals surface area contributed by atoms with E-state index in [-0.39, 0.29) is 12.1 Å². The lowest BCUT2D eigenvalue weighted by molar-refractivity contribution is -0.152. The highest BCUT2D eigenvalue weighted by Gasteiger charge is 2.40. The standard InChI is InChI=1S/C16H20FNO3/c17-12-7-3-4-8-13(12)18-14(19)11-16(15(20)21)9-5-1-2-6-10-16/h3-4,7-8H,1-2,5-6,9-11H2,(H,18,19)(H,20,21). The molecular formula is C16H20FNO3. The van der Waals surface area contributed by atoms with Crippen LogP contribution >= 0.6 is 0 Å². The summed E-state index contributed by atoms with van der Waals surface area (Å²) in [5.74, 6) is -1.88. The van der Waals surface area contributed by atoms with Crippen molar-refractivity contribution in [2.75, 3.05) is 5.32 Å². The lowest BCUT2D eigenvalue weighted by Gasteiger charge is -2.27. The van der Waals surface area contributed by atoms with Gasteiger partial charge in [-0.25, -0.2) is 4.39 Å². The second-order valence-electron chi connectivity index (χ2n) is 5.70. The van der Waals surface area contributed by atoms with Gasteiger partial charge in [-0.05, 0) is 25.0 Å². The van der Waals surface area contributed by atoms with Crippen LogP contribution in [0.15, 0.2) is 24.3 Å². The van der Waals surface area contributed by atoms with E-state index in [2.05, 4.69) is 5.32 Å². The highest BCUT2D eigenvalue weighted by atomic mass is 19.1. The average molecular weight is 293 g/mol. The number of nitrogens with one attached hydrogen (secondary N) is 1. The molecule has 114 valence electrons. The summed E-state index contributed by atoms with van der Waals surface area (Å²) in [6.45, 7) is 0. The molecule has 1 aliphatic carbocycles. The molecule has 0 aliphatic heterocycles. The Morgan fingerprint density at radius 3 is 2.33 bits per heavy atom. The van der Waals surface area contributed by atoms with Gasteiger partial charge in [-0.15, -0.1) is 0 Å². The van der Waals surface area contributed by atoms with E-state index in [4.69, 9.17) is 0 Å². The number of carboxylic acid groups (broad SMARTS) is 1. The number of benzene rings is 1. The molecule has 0 atom stereocenters. The predicted octanol–water partition coefficient (Wildman–Crippen LogP) is 3.58. The summed E-state index contributed by atoms with van der Waals surface area (Å²) >= 11 is 0. The maximum atomic E-state index is 13.5. The summed E-state index contributed by atoms with van der Waals surface area (Å²) in [6.07, 6.45) is 4.56. The van der Waals surface area contributed by atoms with Gasteiger partial charge >= 0.3 is 5.97 Å². The Morgan fingerprint density at radius 2 is 1.76 bits per heavy atom. The van der Waals surface area contributed by atoms with Gasteiger partial charge in [0.05, 0.1) is 11.1 Å². The van der Waals surface area contributed by atoms with Crippen molar-refractivity contribution in [1.29, 1.82) is 0 Å². The number of amides is 1. The van der Waals surface area contributed by atoms with Crippen LogP contribution in [-0.4, -0.2) is 17.0 Å². The molecule has 2 rings (SSSR count). The van der Waals surface area contributed by atoms with Gasteiger partial charge in [-0.1, -0.05) is 37.8 Å². The van der Waals surface area contributed by atoms with E-state index in [1.165, 1.54) is 18.2 Å². The first-order valence-corrected chi connectivity index (χ1v) is 7.31. The number of hydrogen-bond acceptors (Lipinski definition) is 2. The van der Waals surface area contributed by atoms with Gasteiger partial charge < -0.3 is 10.4 Å². The van der Waals surface area contributed by atoms with E-state index < -0.39 is 23.1 Å². The molecule has 1 saturated carbocycles. The molecule has 1 aromatic rings. The normalized spacial score (nSPS) is 17.8. The number of rotatable bonds is 4. The third-order valence-corrected chi connectivity index (χ3v) is 4.16. The number of carbonyl (C=O) groups is 2. The fraction of sp³-hybridized carbons (Fsp3) is 0.500. The van der Waals surface area contributed by atoms with Crippen LogP contribution in [0.2, 0.25) is 0 Å². The molecule has 0 heterocycles. The van der Waals surface area contributed by atoms with Gasteiger partial charge in [0.15, 0.2) is 0 Å². The molecule has 0 aromatic heterocycles. The summed E-state index contributed by atoms with van der Waals surface area (Å²) in [5, 5.41) is 12.0. The van der Waals surface area contributed by atoms with Crippen LogP contribution in [0, 0.1) is 11.2 Å². The zero-order valence-electron chi connectivity index (χ0n) is 11.9. The molecule has 2 N–H and O–H groups in total. The monoisotopic (exact) mass is 293 g/mol. The highest BCUT2D eigenvalue weighted by Crippen LogP contribution is 2.38. The summed E-state index contributed by atoms with van der Waals surface area (Å²) in [7, 11) is 0. The van der Waals surface area contributed by atoms with Gasteiger partial charge in [-0.3, -0.25) is 9.59 Å². The Hall–Kier alpha value is -1.91. The summed E-state index contributed by atoms with van der Waals surface area (Å²) in [5.41, 5.74) is -0.914. The van der Waals surface area contributed by atoms with Crippen molar-refractivity contribution in [3.05, 3.63) is 30.1 Å². The van der Waals surface area contributed by atoms with Crippen molar-refractivity contribution in [3.8, 4) is 0 Å². The predicted molar refractivity (Wildman–Crippen MR) is 77.4 cm³/mol. The number of anilines is 1. The minimum Gasteiger partial charge on any atom is -0.481 e. The number of carboxylic acids is 1. The molecule has 0 radical (unpaired) electrons. The minimum atomic E-state index is -1.01. The molecule has 5 heteroatoms. The van der Waals surface area contributed by atoms with Crippen LogP contribution in [0.5, 0.6) is 0 Å². The van der Waals surface area contributed by atoms with E-state index in [0.717, 1.165) is 25.7 Å². The van der Waals surface area contributed by atoms with Crippen molar-refractivity contribution in [3.63, 3.8) is 0 Å². The van der Waals surface area contributed by atoms with Crippen LogP contribution in [0.1, 0.15) is 44.9 Å². The summed E-state index contributed by atoms with van der Waals surface area (Å²) < 4.78 is 13.5. The molecule has 0 bridgehead atoms. The zero-order valence-corrected chi connectivity index (χ0v) is 11.9. The minimum absolute atomic E-state index is 0.0941. The van der Waals surface area contributed by atoms with E-state index in [1.54, 1.807) is 6.07 Å². The fourth-order valence-corrected chi connectivity index (χ4v) is 2.94. The van der Waals surface area contributed by atoms with Crippen LogP contribution in [0.4, 0.5) is 10.1 Å². The third kappa shape index (κ3) is 3.80. The Labute approximate surface area is 123 Å². The number of aliphatic carboxylic acids is 1. The lowest BCUT2D eigenvalue weighted by Crippen LogP contribution is -2.35. The maximum Gasteiger partial charge on any atom is 0.310 e. The van der Waals surface area contributed by atoms with Crippen LogP contribution < -0.4 is 5.32 Å². The molecule has 1 amide bonds. The first-order valence-electron chi connectivity index (χ1n) is 7.31. The number of para-hydroxylation sites is 1. The van der Waals surface area contributed by atoms with Crippen LogP contribution in [0.3, 0.4) is 0 Å². The summed E-state index contributed by atoms with van der Waals surface area (Å²) in [6, 6.07) is 5.88. The molecular weight excluding hydrogens is 273 g/mol. The van der Waals surface area contributed by atoms with Crippen molar-refractivity contribution < 1.29 is 19.1 Å². The Balaban J connectivity index is 2.08. The maximum absolute atomic E-state index is 13.5. The van der Waals surface area contributed by atoms with Gasteiger partial charge in [0.25, 0.3) is 0 Å². The smallest absolute Gasteiger partial charge is 0.310 e. The fourth-order valence-electron chi connectivity index (χ4n) is 2.94. The molecule has 1 fully saturated rings. The van der Waals surface area contributed by atoms with Crippen LogP contribution in [-0.2, 0) is 9.59 Å². The van der Waals surface area contributed by atoms with E-state index in [9.17, 15) is 19.1 Å². The second kappa shape index (κ2) is 6.70. The van der Waals surface area contributed by atoms with Crippen molar-refractivity contribution >= 4 is 17.6 Å².